The van der Waals surface area contributed by atoms with Crippen LogP contribution in [0.4, 0.5) is 4.39 Å². The van der Waals surface area contributed by atoms with E-state index >= 15 is 0 Å². The van der Waals surface area contributed by atoms with E-state index in [4.69, 9.17) is 9.47 Å². The molecule has 16 heavy (non-hydrogen) atoms. The predicted octanol–water partition coefficient (Wildman–Crippen LogP) is 1.66. The van der Waals surface area contributed by atoms with Gasteiger partial charge in [-0.05, 0) is 18.9 Å². The van der Waals surface area contributed by atoms with Gasteiger partial charge in [0.2, 0.25) is 0 Å². The van der Waals surface area contributed by atoms with Gasteiger partial charge in [-0.3, -0.25) is 0 Å². The lowest BCUT2D eigenvalue weighted by Gasteiger charge is -2.22. The molecule has 3 rings (SSSR count). The molecular weight excluding hydrogens is 211 g/mol. The van der Waals surface area contributed by atoms with Crippen molar-refractivity contribution < 1.29 is 19.0 Å². The normalized spacial score (nSPS) is 20.6. The number of halogens is 1. The second-order valence-corrected chi connectivity index (χ2v) is 4.46. The molecule has 1 aliphatic heterocycles. The minimum absolute atomic E-state index is 0.188. The van der Waals surface area contributed by atoms with E-state index in [1.807, 2.05) is 0 Å². The molecule has 1 N–H and O–H groups in total. The van der Waals surface area contributed by atoms with Crippen molar-refractivity contribution in [1.82, 2.24) is 0 Å². The van der Waals surface area contributed by atoms with Crippen LogP contribution in [0.1, 0.15) is 18.4 Å². The average molecular weight is 224 g/mol. The van der Waals surface area contributed by atoms with Crippen LogP contribution >= 0.6 is 0 Å². The van der Waals surface area contributed by atoms with Crippen LogP contribution in [0.3, 0.4) is 0 Å². The molecule has 1 aromatic carbocycles. The van der Waals surface area contributed by atoms with Crippen molar-refractivity contribution in [2.24, 2.45) is 0 Å². The quantitative estimate of drug-likeness (QED) is 0.830. The van der Waals surface area contributed by atoms with Gasteiger partial charge in [-0.15, -0.1) is 0 Å². The lowest BCUT2D eigenvalue weighted by Crippen LogP contribution is -2.19. The Balaban J connectivity index is 1.98. The number of ether oxygens (including phenoxy) is 2. The van der Waals surface area contributed by atoms with Crippen molar-refractivity contribution in [3.63, 3.8) is 0 Å². The molecule has 0 unspecified atom stereocenters. The molecule has 0 amide bonds. The SMILES string of the molecule is OC1(Cc2ccc(F)c3c2OCCO3)CC1. The number of fused-ring (bicyclic) bond motifs is 1. The first kappa shape index (κ1) is 9.90. The Morgan fingerprint density at radius 1 is 1.19 bits per heavy atom. The third-order valence-corrected chi connectivity index (χ3v) is 3.07. The summed E-state index contributed by atoms with van der Waals surface area (Å²) in [5.74, 6) is 0.251. The summed E-state index contributed by atoms with van der Waals surface area (Å²) in [6, 6.07) is 3.04. The Labute approximate surface area is 92.8 Å². The maximum Gasteiger partial charge on any atom is 0.197 e. The number of rotatable bonds is 2. The molecule has 3 nitrogen and oxygen atoms in total. The number of benzene rings is 1. The molecular formula is C12H13FO3. The molecule has 1 aromatic rings. The number of hydrogen-bond acceptors (Lipinski definition) is 3. The van der Waals surface area contributed by atoms with Gasteiger partial charge in [-0.2, -0.15) is 0 Å². The fourth-order valence-corrected chi connectivity index (χ4v) is 1.97. The zero-order chi connectivity index (χ0) is 11.2. The maximum atomic E-state index is 13.4. The molecule has 1 heterocycles. The summed E-state index contributed by atoms with van der Waals surface area (Å²) in [6.07, 6.45) is 2.12. The highest BCUT2D eigenvalue weighted by molar-refractivity contribution is 5.49. The van der Waals surface area contributed by atoms with Crippen LogP contribution in [0.5, 0.6) is 11.5 Å². The van der Waals surface area contributed by atoms with Gasteiger partial charge in [0.25, 0.3) is 0 Å². The Morgan fingerprint density at radius 3 is 2.56 bits per heavy atom. The topological polar surface area (TPSA) is 38.7 Å². The van der Waals surface area contributed by atoms with Gasteiger partial charge in [-0.1, -0.05) is 6.07 Å². The standard InChI is InChI=1S/C12H13FO3/c13-9-2-1-8(7-12(14)3-4-12)10-11(9)16-6-5-15-10/h1-2,14H,3-7H2. The summed E-state index contributed by atoms with van der Waals surface area (Å²) in [5.41, 5.74) is 0.225. The Hall–Kier alpha value is -1.29. The third-order valence-electron chi connectivity index (χ3n) is 3.07. The van der Waals surface area contributed by atoms with E-state index in [1.54, 1.807) is 6.07 Å². The van der Waals surface area contributed by atoms with Crippen molar-refractivity contribution in [3.05, 3.63) is 23.5 Å². The summed E-state index contributed by atoms with van der Waals surface area (Å²) in [7, 11) is 0. The molecule has 0 bridgehead atoms. The van der Waals surface area contributed by atoms with Crippen LogP contribution < -0.4 is 9.47 Å². The minimum atomic E-state index is -0.605. The molecule has 1 saturated carbocycles. The molecule has 0 spiro atoms. The zero-order valence-electron chi connectivity index (χ0n) is 8.83. The average Bonchev–Trinajstić information content (AvgIpc) is 3.01. The Morgan fingerprint density at radius 2 is 1.88 bits per heavy atom. The van der Waals surface area contributed by atoms with E-state index in [9.17, 15) is 9.50 Å². The van der Waals surface area contributed by atoms with E-state index in [0.717, 1.165) is 18.4 Å². The van der Waals surface area contributed by atoms with E-state index in [2.05, 4.69) is 0 Å². The van der Waals surface area contributed by atoms with Gasteiger partial charge in [0.05, 0.1) is 5.60 Å². The van der Waals surface area contributed by atoms with Crippen LogP contribution in [0.2, 0.25) is 0 Å². The molecule has 2 aliphatic rings. The molecule has 4 heteroatoms. The molecule has 86 valence electrons. The van der Waals surface area contributed by atoms with E-state index < -0.39 is 11.4 Å². The fourth-order valence-electron chi connectivity index (χ4n) is 1.97. The smallest absolute Gasteiger partial charge is 0.197 e. The van der Waals surface area contributed by atoms with Crippen molar-refractivity contribution in [3.8, 4) is 11.5 Å². The summed E-state index contributed by atoms with van der Waals surface area (Å²) in [5, 5.41) is 9.86. The first-order valence-corrected chi connectivity index (χ1v) is 5.47. The summed E-state index contributed by atoms with van der Waals surface area (Å²) in [4.78, 5) is 0. The van der Waals surface area contributed by atoms with Gasteiger partial charge < -0.3 is 14.6 Å². The van der Waals surface area contributed by atoms with Crippen LogP contribution in [-0.2, 0) is 6.42 Å². The first-order valence-electron chi connectivity index (χ1n) is 5.47. The van der Waals surface area contributed by atoms with Crippen LogP contribution in [0.15, 0.2) is 12.1 Å². The Bertz CT molecular complexity index is 427. The van der Waals surface area contributed by atoms with Crippen molar-refractivity contribution in [2.75, 3.05) is 13.2 Å². The third kappa shape index (κ3) is 1.63. The van der Waals surface area contributed by atoms with E-state index in [0.29, 0.717) is 25.4 Å². The van der Waals surface area contributed by atoms with Crippen molar-refractivity contribution >= 4 is 0 Å². The van der Waals surface area contributed by atoms with Crippen molar-refractivity contribution in [2.45, 2.75) is 24.9 Å². The van der Waals surface area contributed by atoms with E-state index in [1.165, 1.54) is 6.07 Å². The van der Waals surface area contributed by atoms with Crippen LogP contribution in [0, 0.1) is 5.82 Å². The van der Waals surface area contributed by atoms with Crippen LogP contribution in [-0.4, -0.2) is 23.9 Å². The van der Waals surface area contributed by atoms with Gasteiger partial charge >= 0.3 is 0 Å². The highest BCUT2D eigenvalue weighted by atomic mass is 19.1. The van der Waals surface area contributed by atoms with Gasteiger partial charge in [-0.25, -0.2) is 4.39 Å². The van der Waals surface area contributed by atoms with Gasteiger partial charge in [0.1, 0.15) is 13.2 Å². The van der Waals surface area contributed by atoms with Gasteiger partial charge in [0.15, 0.2) is 17.3 Å². The number of aliphatic hydroxyl groups is 1. The maximum absolute atomic E-state index is 13.4. The minimum Gasteiger partial charge on any atom is -0.486 e. The summed E-state index contributed by atoms with van der Waals surface area (Å²) < 4.78 is 24.1. The molecule has 1 fully saturated rings. The highest BCUT2D eigenvalue weighted by Crippen LogP contribution is 2.43. The monoisotopic (exact) mass is 224 g/mol. The van der Waals surface area contributed by atoms with Crippen molar-refractivity contribution in [1.29, 1.82) is 0 Å². The van der Waals surface area contributed by atoms with Gasteiger partial charge in [0, 0.05) is 12.0 Å². The summed E-state index contributed by atoms with van der Waals surface area (Å²) >= 11 is 0. The van der Waals surface area contributed by atoms with Crippen LogP contribution in [0.25, 0.3) is 0 Å². The molecule has 0 atom stereocenters. The number of hydrogen-bond donors (Lipinski definition) is 1. The summed E-state index contributed by atoms with van der Waals surface area (Å²) in [6.45, 7) is 0.805. The second kappa shape index (κ2) is 3.35. The van der Waals surface area contributed by atoms with E-state index in [-0.39, 0.29) is 5.75 Å². The zero-order valence-corrected chi connectivity index (χ0v) is 8.83. The largest absolute Gasteiger partial charge is 0.486 e. The highest BCUT2D eigenvalue weighted by Gasteiger charge is 2.41. The molecule has 1 aliphatic carbocycles. The molecule has 0 saturated heterocycles. The molecule has 0 radical (unpaired) electrons. The molecule has 0 aromatic heterocycles. The first-order chi connectivity index (χ1) is 7.68. The predicted molar refractivity (Wildman–Crippen MR) is 55.3 cm³/mol. The lowest BCUT2D eigenvalue weighted by atomic mass is 10.0. The second-order valence-electron chi connectivity index (χ2n) is 4.46. The lowest BCUT2D eigenvalue weighted by molar-refractivity contribution is 0.141. The Kier molecular flexibility index (Phi) is 2.07. The fraction of sp³-hybridized carbons (Fsp3) is 0.500.